The van der Waals surface area contributed by atoms with Crippen molar-refractivity contribution in [1.29, 1.82) is 0 Å². The highest BCUT2D eigenvalue weighted by molar-refractivity contribution is 7.89. The zero-order valence-corrected chi connectivity index (χ0v) is 12.6. The summed E-state index contributed by atoms with van der Waals surface area (Å²) in [6.45, 7) is 2.43. The first-order valence-corrected chi connectivity index (χ1v) is 8.06. The maximum atomic E-state index is 12.4. The molecule has 0 spiro atoms. The van der Waals surface area contributed by atoms with E-state index in [0.717, 1.165) is 16.9 Å². The maximum absolute atomic E-state index is 12.4. The highest BCUT2D eigenvalue weighted by Gasteiger charge is 2.29. The minimum atomic E-state index is -3.67. The average molecular weight is 308 g/mol. The molecule has 0 aliphatic carbocycles. The van der Waals surface area contributed by atoms with E-state index in [2.05, 4.69) is 15.0 Å². The largest absolute Gasteiger partial charge is 0.493 e. The fraction of sp³-hybridized carbons (Fsp3) is 0.385. The van der Waals surface area contributed by atoms with E-state index in [4.69, 9.17) is 4.74 Å². The molecule has 21 heavy (non-hydrogen) atoms. The van der Waals surface area contributed by atoms with Gasteiger partial charge in [0.2, 0.25) is 0 Å². The molecule has 1 aromatic carbocycles. The van der Waals surface area contributed by atoms with Crippen LogP contribution in [0.4, 0.5) is 0 Å². The van der Waals surface area contributed by atoms with Crippen LogP contribution in [-0.2, 0) is 17.1 Å². The molecule has 8 heteroatoms. The molecule has 1 N–H and O–H groups in total. The number of rotatable bonds is 3. The van der Waals surface area contributed by atoms with Crippen LogP contribution < -0.4 is 9.46 Å². The van der Waals surface area contributed by atoms with Gasteiger partial charge in [0, 0.05) is 19.0 Å². The number of hydrogen-bond acceptors (Lipinski definition) is 5. The van der Waals surface area contributed by atoms with Crippen LogP contribution >= 0.6 is 0 Å². The molecule has 0 radical (unpaired) electrons. The standard InChI is InChI=1S/C13H16N4O3S/c1-9-4-3-5-10-11(6-7-20-13(9)10)15-21(18,19)12-8-14-16-17(12)2/h3-5,8,11,15H,6-7H2,1-2H3/t11-/m1/s1. The van der Waals surface area contributed by atoms with Gasteiger partial charge < -0.3 is 4.74 Å². The number of hydrogen-bond donors (Lipinski definition) is 1. The van der Waals surface area contributed by atoms with Crippen LogP contribution in [0.2, 0.25) is 0 Å². The first-order valence-electron chi connectivity index (χ1n) is 6.58. The Bertz CT molecular complexity index is 769. The van der Waals surface area contributed by atoms with Gasteiger partial charge in [-0.25, -0.2) is 17.8 Å². The van der Waals surface area contributed by atoms with Gasteiger partial charge >= 0.3 is 0 Å². The second kappa shape index (κ2) is 5.12. The van der Waals surface area contributed by atoms with Gasteiger partial charge in [-0.15, -0.1) is 5.10 Å². The molecule has 1 aliphatic rings. The molecule has 0 unspecified atom stereocenters. The van der Waals surface area contributed by atoms with Gasteiger partial charge in [-0.3, -0.25) is 0 Å². The van der Waals surface area contributed by atoms with Gasteiger partial charge in [0.1, 0.15) is 5.75 Å². The molecule has 0 saturated heterocycles. The van der Waals surface area contributed by atoms with Crippen molar-refractivity contribution in [3.05, 3.63) is 35.5 Å². The Labute approximate surface area is 123 Å². The number of nitrogens with one attached hydrogen (secondary N) is 1. The summed E-state index contributed by atoms with van der Waals surface area (Å²) in [7, 11) is -2.13. The summed E-state index contributed by atoms with van der Waals surface area (Å²) in [5.41, 5.74) is 1.86. The second-order valence-electron chi connectivity index (χ2n) is 5.00. The van der Waals surface area contributed by atoms with Gasteiger partial charge in [-0.2, -0.15) is 0 Å². The summed E-state index contributed by atoms with van der Waals surface area (Å²) in [5.74, 6) is 0.764. The lowest BCUT2D eigenvalue weighted by Gasteiger charge is -2.27. The predicted molar refractivity (Wildman–Crippen MR) is 75.4 cm³/mol. The summed E-state index contributed by atoms with van der Waals surface area (Å²) in [6, 6.07) is 5.42. The summed E-state index contributed by atoms with van der Waals surface area (Å²) >= 11 is 0. The Kier molecular flexibility index (Phi) is 3.42. The van der Waals surface area contributed by atoms with Crippen molar-refractivity contribution in [1.82, 2.24) is 19.7 Å². The number of fused-ring (bicyclic) bond motifs is 1. The van der Waals surface area contributed by atoms with Crippen molar-refractivity contribution in [3.8, 4) is 5.75 Å². The molecule has 112 valence electrons. The molecule has 1 aromatic heterocycles. The summed E-state index contributed by atoms with van der Waals surface area (Å²) < 4.78 is 34.4. The Hall–Kier alpha value is -1.93. The maximum Gasteiger partial charge on any atom is 0.259 e. The van der Waals surface area contributed by atoms with E-state index in [0.29, 0.717) is 13.0 Å². The van der Waals surface area contributed by atoms with Crippen molar-refractivity contribution >= 4 is 10.0 Å². The average Bonchev–Trinajstić information content (AvgIpc) is 2.87. The Morgan fingerprint density at radius 3 is 2.95 bits per heavy atom. The molecule has 2 aromatic rings. The number of aryl methyl sites for hydroxylation is 2. The number of sulfonamides is 1. The smallest absolute Gasteiger partial charge is 0.259 e. The van der Waals surface area contributed by atoms with E-state index in [-0.39, 0.29) is 11.1 Å². The normalized spacial score (nSPS) is 18.1. The van der Waals surface area contributed by atoms with Crippen molar-refractivity contribution in [2.45, 2.75) is 24.4 Å². The van der Waals surface area contributed by atoms with E-state index in [1.54, 1.807) is 7.05 Å². The van der Waals surface area contributed by atoms with E-state index in [1.165, 1.54) is 10.9 Å². The summed E-state index contributed by atoms with van der Waals surface area (Å²) in [6.07, 6.45) is 1.82. The van der Waals surface area contributed by atoms with Gasteiger partial charge in [-0.05, 0) is 12.5 Å². The number of aromatic nitrogens is 3. The highest BCUT2D eigenvalue weighted by Crippen LogP contribution is 2.35. The van der Waals surface area contributed by atoms with E-state index in [1.807, 2.05) is 25.1 Å². The van der Waals surface area contributed by atoms with Crippen LogP contribution in [0.5, 0.6) is 5.75 Å². The lowest BCUT2D eigenvalue weighted by molar-refractivity contribution is 0.261. The number of nitrogens with zero attached hydrogens (tertiary/aromatic N) is 3. The topological polar surface area (TPSA) is 86.1 Å². The Morgan fingerprint density at radius 1 is 1.43 bits per heavy atom. The first kappa shape index (κ1) is 14.0. The molecule has 0 bridgehead atoms. The number of ether oxygens (including phenoxy) is 1. The van der Waals surface area contributed by atoms with Crippen molar-refractivity contribution in [2.24, 2.45) is 7.05 Å². The molecule has 1 aliphatic heterocycles. The third-order valence-electron chi connectivity index (χ3n) is 3.52. The van der Waals surface area contributed by atoms with Crippen molar-refractivity contribution in [3.63, 3.8) is 0 Å². The second-order valence-corrected chi connectivity index (χ2v) is 6.66. The van der Waals surface area contributed by atoms with Crippen LogP contribution in [0.1, 0.15) is 23.6 Å². The quantitative estimate of drug-likeness (QED) is 0.911. The molecule has 2 heterocycles. The van der Waals surface area contributed by atoms with Gasteiger partial charge in [0.15, 0.2) is 5.03 Å². The van der Waals surface area contributed by atoms with E-state index < -0.39 is 10.0 Å². The fourth-order valence-electron chi connectivity index (χ4n) is 2.47. The summed E-state index contributed by atoms with van der Waals surface area (Å²) in [5, 5.41) is 7.31. The zero-order valence-electron chi connectivity index (χ0n) is 11.8. The lowest BCUT2D eigenvalue weighted by Crippen LogP contribution is -2.33. The number of benzene rings is 1. The molecule has 3 rings (SSSR count). The van der Waals surface area contributed by atoms with Crippen molar-refractivity contribution < 1.29 is 13.2 Å². The molecule has 0 fully saturated rings. The SMILES string of the molecule is Cc1cccc2c1OCC[C@H]2NS(=O)(=O)c1cnnn1C. The van der Waals surface area contributed by atoms with Gasteiger partial charge in [0.25, 0.3) is 10.0 Å². The first-order chi connectivity index (χ1) is 9.99. The van der Waals surface area contributed by atoms with E-state index >= 15 is 0 Å². The minimum absolute atomic E-state index is 0.0446. The van der Waals surface area contributed by atoms with Crippen LogP contribution in [0.25, 0.3) is 0 Å². The molecular formula is C13H16N4O3S. The third-order valence-corrected chi connectivity index (χ3v) is 5.03. The fourth-order valence-corrected chi connectivity index (χ4v) is 3.79. The van der Waals surface area contributed by atoms with Crippen molar-refractivity contribution in [2.75, 3.05) is 6.61 Å². The molecular weight excluding hydrogens is 292 g/mol. The molecule has 0 amide bonds. The van der Waals surface area contributed by atoms with Crippen LogP contribution in [0.3, 0.4) is 0 Å². The zero-order chi connectivity index (χ0) is 15.0. The van der Waals surface area contributed by atoms with Crippen LogP contribution in [0.15, 0.2) is 29.4 Å². The molecule has 7 nitrogen and oxygen atoms in total. The van der Waals surface area contributed by atoms with Crippen LogP contribution in [0, 0.1) is 6.92 Å². The van der Waals surface area contributed by atoms with E-state index in [9.17, 15) is 8.42 Å². The molecule has 1 atom stereocenters. The monoisotopic (exact) mass is 308 g/mol. The van der Waals surface area contributed by atoms with Crippen LogP contribution in [-0.4, -0.2) is 30.0 Å². The summed E-state index contributed by atoms with van der Waals surface area (Å²) in [4.78, 5) is 0. The highest BCUT2D eigenvalue weighted by atomic mass is 32.2. The minimum Gasteiger partial charge on any atom is -0.493 e. The Balaban J connectivity index is 1.94. The lowest BCUT2D eigenvalue weighted by atomic mass is 9.99. The predicted octanol–water partition coefficient (Wildman–Crippen LogP) is 0.926. The molecule has 0 saturated carbocycles. The Morgan fingerprint density at radius 2 is 2.24 bits per heavy atom. The van der Waals surface area contributed by atoms with Gasteiger partial charge in [-0.1, -0.05) is 23.4 Å². The third kappa shape index (κ3) is 2.52. The van der Waals surface area contributed by atoms with Gasteiger partial charge in [0.05, 0.1) is 18.8 Å². The number of para-hydroxylation sites is 1.